The second-order valence-corrected chi connectivity index (χ2v) is 6.45. The van der Waals surface area contributed by atoms with Crippen LogP contribution in [-0.2, 0) is 6.54 Å². The highest BCUT2D eigenvalue weighted by Crippen LogP contribution is 2.24. The number of hydrogen-bond donors (Lipinski definition) is 1. The van der Waals surface area contributed by atoms with Gasteiger partial charge in [-0.05, 0) is 37.1 Å². The van der Waals surface area contributed by atoms with Crippen molar-refractivity contribution in [2.45, 2.75) is 38.5 Å². The lowest BCUT2D eigenvalue weighted by atomic mass is 10.2. The summed E-state index contributed by atoms with van der Waals surface area (Å²) < 4.78 is 0. The first-order valence-electron chi connectivity index (χ1n) is 7.35. The normalized spacial score (nSPS) is 19.7. The maximum Gasteiger partial charge on any atom is 0.128 e. The first-order chi connectivity index (χ1) is 9.33. The van der Waals surface area contributed by atoms with Gasteiger partial charge < -0.3 is 10.2 Å². The van der Waals surface area contributed by atoms with Crippen LogP contribution in [0.15, 0.2) is 18.3 Å². The first-order valence-corrected chi connectivity index (χ1v) is 8.40. The van der Waals surface area contributed by atoms with E-state index in [0.29, 0.717) is 0 Å². The Kier molecular flexibility index (Phi) is 5.98. The lowest BCUT2D eigenvalue weighted by Crippen LogP contribution is -2.38. The lowest BCUT2D eigenvalue weighted by molar-refractivity contribution is 0.673. The van der Waals surface area contributed by atoms with Gasteiger partial charge in [-0.15, -0.1) is 0 Å². The molecule has 0 saturated carbocycles. The molecule has 1 atom stereocenters. The average molecular weight is 279 g/mol. The fraction of sp³-hybridized carbons (Fsp3) is 0.667. The van der Waals surface area contributed by atoms with Crippen molar-refractivity contribution in [2.75, 3.05) is 30.3 Å². The Hall–Kier alpha value is -0.740. The van der Waals surface area contributed by atoms with Gasteiger partial charge >= 0.3 is 0 Å². The zero-order valence-corrected chi connectivity index (χ0v) is 12.9. The first kappa shape index (κ1) is 14.7. The van der Waals surface area contributed by atoms with Crippen molar-refractivity contribution >= 4 is 17.6 Å². The van der Waals surface area contributed by atoms with E-state index in [0.717, 1.165) is 37.2 Å². The summed E-state index contributed by atoms with van der Waals surface area (Å²) in [7, 11) is 0. The Labute approximate surface area is 121 Å². The Balaban J connectivity index is 1.97. The number of rotatable bonds is 6. The van der Waals surface area contributed by atoms with Crippen LogP contribution in [0, 0.1) is 0 Å². The maximum atomic E-state index is 4.55. The van der Waals surface area contributed by atoms with Gasteiger partial charge in [-0.1, -0.05) is 13.8 Å². The summed E-state index contributed by atoms with van der Waals surface area (Å²) in [5.74, 6) is 2.37. The number of aromatic nitrogens is 1. The van der Waals surface area contributed by atoms with Gasteiger partial charge in [-0.25, -0.2) is 4.98 Å². The smallest absolute Gasteiger partial charge is 0.128 e. The van der Waals surface area contributed by atoms with Crippen LogP contribution < -0.4 is 10.2 Å². The number of nitrogens with one attached hydrogen (secondary N) is 1. The third-order valence-electron chi connectivity index (χ3n) is 3.48. The van der Waals surface area contributed by atoms with E-state index in [9.17, 15) is 0 Å². The molecular formula is C15H25N3S. The van der Waals surface area contributed by atoms with E-state index in [4.69, 9.17) is 0 Å². The van der Waals surface area contributed by atoms with Crippen molar-refractivity contribution in [3.63, 3.8) is 0 Å². The Bertz CT molecular complexity index is 383. The molecule has 0 spiro atoms. The number of thioether (sulfide) groups is 1. The predicted molar refractivity (Wildman–Crippen MR) is 85.0 cm³/mol. The molecule has 0 aliphatic carbocycles. The van der Waals surface area contributed by atoms with Gasteiger partial charge in [0.25, 0.3) is 0 Å². The van der Waals surface area contributed by atoms with E-state index in [1.165, 1.54) is 24.2 Å². The van der Waals surface area contributed by atoms with Gasteiger partial charge in [0.15, 0.2) is 0 Å². The van der Waals surface area contributed by atoms with Crippen LogP contribution in [0.5, 0.6) is 0 Å². The van der Waals surface area contributed by atoms with Crippen molar-refractivity contribution in [3.8, 4) is 0 Å². The van der Waals surface area contributed by atoms with Gasteiger partial charge in [0.1, 0.15) is 5.82 Å². The molecule has 19 heavy (non-hydrogen) atoms. The van der Waals surface area contributed by atoms with E-state index in [2.05, 4.69) is 52.9 Å². The molecule has 106 valence electrons. The van der Waals surface area contributed by atoms with Gasteiger partial charge in [0.2, 0.25) is 0 Å². The van der Waals surface area contributed by atoms with Crippen LogP contribution in [0.1, 0.15) is 32.3 Å². The summed E-state index contributed by atoms with van der Waals surface area (Å²) in [6, 6.07) is 4.35. The zero-order valence-electron chi connectivity index (χ0n) is 12.1. The molecule has 1 aromatic rings. The highest BCUT2D eigenvalue weighted by molar-refractivity contribution is 8.00. The summed E-state index contributed by atoms with van der Waals surface area (Å²) in [6.45, 7) is 8.76. The van der Waals surface area contributed by atoms with E-state index in [1.54, 1.807) is 0 Å². The van der Waals surface area contributed by atoms with E-state index < -0.39 is 0 Å². The second kappa shape index (κ2) is 7.75. The molecule has 1 saturated heterocycles. The third-order valence-corrected chi connectivity index (χ3v) is 4.86. The quantitative estimate of drug-likeness (QED) is 0.811. The molecule has 0 aromatic carbocycles. The van der Waals surface area contributed by atoms with Gasteiger partial charge in [-0.3, -0.25) is 0 Å². The molecule has 1 unspecified atom stereocenters. The van der Waals surface area contributed by atoms with Gasteiger partial charge in [-0.2, -0.15) is 11.8 Å². The molecule has 1 aliphatic rings. The highest BCUT2D eigenvalue weighted by Gasteiger charge is 2.19. The average Bonchev–Trinajstić information content (AvgIpc) is 2.48. The minimum absolute atomic E-state index is 0.762. The molecule has 1 aromatic heterocycles. The summed E-state index contributed by atoms with van der Waals surface area (Å²) in [4.78, 5) is 6.99. The molecule has 2 rings (SSSR count). The summed E-state index contributed by atoms with van der Waals surface area (Å²) in [5, 5.41) is 4.21. The van der Waals surface area contributed by atoms with E-state index in [1.807, 2.05) is 6.20 Å². The second-order valence-electron chi connectivity index (χ2n) is 5.05. The molecule has 3 nitrogen and oxygen atoms in total. The standard InChI is InChI=1S/C15H25N3S/c1-3-6-16-11-13-5-7-17-15(10-13)18-8-9-19-14(4-2)12-18/h5,7,10,14,16H,3-4,6,8-9,11-12H2,1-2H3. The van der Waals surface area contributed by atoms with Gasteiger partial charge in [0.05, 0.1) is 0 Å². The minimum atomic E-state index is 0.762. The van der Waals surface area contributed by atoms with E-state index >= 15 is 0 Å². The summed E-state index contributed by atoms with van der Waals surface area (Å²) in [5.41, 5.74) is 1.34. The van der Waals surface area contributed by atoms with Crippen molar-refractivity contribution in [1.29, 1.82) is 0 Å². The molecule has 2 heterocycles. The van der Waals surface area contributed by atoms with Crippen molar-refractivity contribution in [1.82, 2.24) is 10.3 Å². The molecule has 0 radical (unpaired) electrons. The molecular weight excluding hydrogens is 254 g/mol. The maximum absolute atomic E-state index is 4.55. The van der Waals surface area contributed by atoms with Crippen LogP contribution in [0.3, 0.4) is 0 Å². The minimum Gasteiger partial charge on any atom is -0.355 e. The van der Waals surface area contributed by atoms with Crippen molar-refractivity contribution in [3.05, 3.63) is 23.9 Å². The zero-order chi connectivity index (χ0) is 13.5. The highest BCUT2D eigenvalue weighted by atomic mass is 32.2. The molecule has 1 N–H and O–H groups in total. The lowest BCUT2D eigenvalue weighted by Gasteiger charge is -2.33. The molecule has 0 amide bonds. The number of anilines is 1. The largest absolute Gasteiger partial charge is 0.355 e. The molecule has 1 aliphatic heterocycles. The van der Waals surface area contributed by atoms with E-state index in [-0.39, 0.29) is 0 Å². The Morgan fingerprint density at radius 1 is 1.47 bits per heavy atom. The van der Waals surface area contributed by atoms with Crippen LogP contribution >= 0.6 is 11.8 Å². The van der Waals surface area contributed by atoms with Gasteiger partial charge in [0, 0.05) is 36.8 Å². The third kappa shape index (κ3) is 4.39. The molecule has 0 bridgehead atoms. The summed E-state index contributed by atoms with van der Waals surface area (Å²) >= 11 is 2.10. The fourth-order valence-electron chi connectivity index (χ4n) is 2.33. The van der Waals surface area contributed by atoms with Crippen LogP contribution in [0.2, 0.25) is 0 Å². The Morgan fingerprint density at radius 2 is 2.37 bits per heavy atom. The van der Waals surface area contributed by atoms with Crippen molar-refractivity contribution < 1.29 is 0 Å². The van der Waals surface area contributed by atoms with Crippen LogP contribution in [0.25, 0.3) is 0 Å². The fourth-order valence-corrected chi connectivity index (χ4v) is 3.51. The number of pyridine rings is 1. The summed E-state index contributed by atoms with van der Waals surface area (Å²) in [6.07, 6.45) is 4.37. The molecule has 4 heteroatoms. The SMILES string of the molecule is CCCNCc1ccnc(N2CCSC(CC)C2)c1. The molecule has 1 fully saturated rings. The van der Waals surface area contributed by atoms with Crippen LogP contribution in [-0.4, -0.2) is 35.6 Å². The van der Waals surface area contributed by atoms with Crippen molar-refractivity contribution in [2.24, 2.45) is 0 Å². The topological polar surface area (TPSA) is 28.2 Å². The monoisotopic (exact) mass is 279 g/mol. The van der Waals surface area contributed by atoms with Crippen LogP contribution in [0.4, 0.5) is 5.82 Å². The number of hydrogen-bond acceptors (Lipinski definition) is 4. The number of nitrogens with zero attached hydrogens (tertiary/aromatic N) is 2. The predicted octanol–water partition coefficient (Wildman–Crippen LogP) is 2.91. The Morgan fingerprint density at radius 3 is 3.16 bits per heavy atom.